The normalized spacial score (nSPS) is 13.8. The second-order valence-corrected chi connectivity index (χ2v) is 7.49. The lowest BCUT2D eigenvalue weighted by atomic mass is 10.1. The summed E-state index contributed by atoms with van der Waals surface area (Å²) in [4.78, 5) is -0.427. The number of nitrogens with two attached hydrogens (primary N) is 1. The summed E-state index contributed by atoms with van der Waals surface area (Å²) in [6.45, 7) is 5.73. The van der Waals surface area contributed by atoms with Crippen molar-refractivity contribution in [1.82, 2.24) is 4.72 Å². The van der Waals surface area contributed by atoms with Gasteiger partial charge in [-0.3, -0.25) is 0 Å². The molecule has 7 heteroatoms. The van der Waals surface area contributed by atoms with E-state index in [1.54, 1.807) is 6.92 Å². The number of halogens is 2. The number of rotatable bonds is 5. The first-order valence-corrected chi connectivity index (χ1v) is 8.18. The van der Waals surface area contributed by atoms with Crippen molar-refractivity contribution in [3.05, 3.63) is 22.4 Å². The molecule has 0 aliphatic heterocycles. The van der Waals surface area contributed by atoms with Gasteiger partial charge in [0.25, 0.3) is 0 Å². The topological polar surface area (TPSA) is 72.2 Å². The summed E-state index contributed by atoms with van der Waals surface area (Å²) in [5.74, 6) is -0.483. The molecule has 0 aliphatic carbocycles. The van der Waals surface area contributed by atoms with Crippen molar-refractivity contribution in [2.45, 2.75) is 38.1 Å². The maximum atomic E-state index is 13.7. The predicted octanol–water partition coefficient (Wildman–Crippen LogP) is 2.88. The molecule has 1 unspecified atom stereocenters. The van der Waals surface area contributed by atoms with Gasteiger partial charge in [-0.2, -0.15) is 0 Å². The predicted molar refractivity (Wildman–Crippen MR) is 77.8 cm³/mol. The first kappa shape index (κ1) is 16.4. The van der Waals surface area contributed by atoms with E-state index in [4.69, 9.17) is 5.73 Å². The molecule has 19 heavy (non-hydrogen) atoms. The molecule has 0 amide bonds. The first-order valence-electron chi connectivity index (χ1n) is 5.90. The van der Waals surface area contributed by atoms with Crippen molar-refractivity contribution in [1.29, 1.82) is 0 Å². The van der Waals surface area contributed by atoms with Gasteiger partial charge >= 0.3 is 0 Å². The van der Waals surface area contributed by atoms with Crippen molar-refractivity contribution in [3.8, 4) is 0 Å². The highest BCUT2D eigenvalue weighted by Crippen LogP contribution is 2.26. The Labute approximate surface area is 121 Å². The third-order valence-electron chi connectivity index (χ3n) is 2.52. The summed E-state index contributed by atoms with van der Waals surface area (Å²) in [6.07, 6.45) is 0.673. The van der Waals surface area contributed by atoms with Crippen molar-refractivity contribution >= 4 is 31.6 Å². The van der Waals surface area contributed by atoms with Gasteiger partial charge in [-0.25, -0.2) is 17.5 Å². The smallest absolute Gasteiger partial charge is 0.243 e. The molecule has 1 aromatic carbocycles. The molecule has 4 nitrogen and oxygen atoms in total. The summed E-state index contributed by atoms with van der Waals surface area (Å²) >= 11 is 3.05. The van der Waals surface area contributed by atoms with E-state index in [-0.39, 0.29) is 11.7 Å². The van der Waals surface area contributed by atoms with Gasteiger partial charge in [0.05, 0.1) is 0 Å². The van der Waals surface area contributed by atoms with E-state index in [1.165, 1.54) is 0 Å². The maximum Gasteiger partial charge on any atom is 0.243 e. The van der Waals surface area contributed by atoms with Crippen LogP contribution in [0.15, 0.2) is 21.5 Å². The third kappa shape index (κ3) is 4.43. The van der Waals surface area contributed by atoms with E-state index >= 15 is 0 Å². The standard InChI is InChI=1S/C12H18BrFN2O2S/c1-7(2)4-8(3)16-19(17,18)12-6-11(15)9(13)5-10(12)14/h5-8,16H,4,15H2,1-3H3. The zero-order valence-corrected chi connectivity index (χ0v) is 13.5. The Morgan fingerprint density at radius 3 is 2.47 bits per heavy atom. The fourth-order valence-electron chi connectivity index (χ4n) is 1.83. The molecule has 0 radical (unpaired) electrons. The van der Waals surface area contributed by atoms with Crippen LogP contribution >= 0.6 is 15.9 Å². The SMILES string of the molecule is CC(C)CC(C)NS(=O)(=O)c1cc(N)c(Br)cc1F. The first-order chi connectivity index (χ1) is 8.63. The number of hydrogen-bond donors (Lipinski definition) is 2. The van der Waals surface area contributed by atoms with Crippen LogP contribution in [0, 0.1) is 11.7 Å². The fraction of sp³-hybridized carbons (Fsp3) is 0.500. The van der Waals surface area contributed by atoms with E-state index in [9.17, 15) is 12.8 Å². The van der Waals surface area contributed by atoms with Crippen molar-refractivity contribution < 1.29 is 12.8 Å². The number of sulfonamides is 1. The van der Waals surface area contributed by atoms with Crippen LogP contribution in [-0.2, 0) is 10.0 Å². The number of hydrogen-bond acceptors (Lipinski definition) is 3. The Kier molecular flexibility index (Phi) is 5.34. The molecule has 3 N–H and O–H groups in total. The minimum Gasteiger partial charge on any atom is -0.398 e. The minimum absolute atomic E-state index is 0.179. The van der Waals surface area contributed by atoms with Crippen molar-refractivity contribution in [3.63, 3.8) is 0 Å². The van der Waals surface area contributed by atoms with Gasteiger partial charge < -0.3 is 5.73 Å². The Hall–Kier alpha value is -0.660. The Morgan fingerprint density at radius 1 is 1.37 bits per heavy atom. The maximum absolute atomic E-state index is 13.7. The van der Waals surface area contributed by atoms with E-state index < -0.39 is 20.7 Å². The van der Waals surface area contributed by atoms with Gasteiger partial charge in [0.2, 0.25) is 10.0 Å². The van der Waals surface area contributed by atoms with E-state index in [0.29, 0.717) is 16.8 Å². The molecule has 1 rings (SSSR count). The molecule has 0 saturated heterocycles. The highest BCUT2D eigenvalue weighted by Gasteiger charge is 2.23. The van der Waals surface area contributed by atoms with Crippen LogP contribution in [0.2, 0.25) is 0 Å². The quantitative estimate of drug-likeness (QED) is 0.800. The monoisotopic (exact) mass is 352 g/mol. The number of benzene rings is 1. The molecular weight excluding hydrogens is 335 g/mol. The van der Waals surface area contributed by atoms with Gasteiger partial charge in [-0.15, -0.1) is 0 Å². The molecule has 1 aromatic rings. The lowest BCUT2D eigenvalue weighted by Gasteiger charge is -2.16. The Balaban J connectivity index is 3.04. The third-order valence-corrected chi connectivity index (χ3v) is 4.81. The average Bonchev–Trinajstić information content (AvgIpc) is 2.20. The van der Waals surface area contributed by atoms with Gasteiger partial charge in [-0.1, -0.05) is 13.8 Å². The van der Waals surface area contributed by atoms with E-state index in [1.807, 2.05) is 13.8 Å². The molecule has 108 valence electrons. The van der Waals surface area contributed by atoms with Gasteiger partial charge in [0.1, 0.15) is 10.7 Å². The summed E-state index contributed by atoms with van der Waals surface area (Å²) in [6, 6.07) is 1.90. The molecule has 0 bridgehead atoms. The van der Waals surface area contributed by atoms with Gasteiger partial charge in [-0.05, 0) is 47.3 Å². The lowest BCUT2D eigenvalue weighted by molar-refractivity contribution is 0.480. The summed E-state index contributed by atoms with van der Waals surface area (Å²) in [5.41, 5.74) is 5.77. The molecule has 0 saturated carbocycles. The molecule has 0 spiro atoms. The van der Waals surface area contributed by atoms with E-state index in [2.05, 4.69) is 20.7 Å². The summed E-state index contributed by atoms with van der Waals surface area (Å²) < 4.78 is 40.7. The Morgan fingerprint density at radius 2 is 1.95 bits per heavy atom. The van der Waals surface area contributed by atoms with Crippen molar-refractivity contribution in [2.24, 2.45) is 5.92 Å². The second-order valence-electron chi connectivity index (χ2n) is 4.96. The highest BCUT2D eigenvalue weighted by molar-refractivity contribution is 9.10. The fourth-order valence-corrected chi connectivity index (χ4v) is 3.50. The zero-order chi connectivity index (χ0) is 14.8. The minimum atomic E-state index is -3.90. The lowest BCUT2D eigenvalue weighted by Crippen LogP contribution is -2.34. The zero-order valence-electron chi connectivity index (χ0n) is 11.1. The van der Waals surface area contributed by atoms with Gasteiger partial charge in [0.15, 0.2) is 0 Å². The summed E-state index contributed by atoms with van der Waals surface area (Å²) in [7, 11) is -3.90. The van der Waals surface area contributed by atoms with Crippen LogP contribution < -0.4 is 10.5 Å². The molecule has 0 aromatic heterocycles. The average molecular weight is 353 g/mol. The second kappa shape index (κ2) is 6.19. The molecule has 0 heterocycles. The van der Waals surface area contributed by atoms with Crippen LogP contribution in [0.1, 0.15) is 27.2 Å². The van der Waals surface area contributed by atoms with E-state index in [0.717, 1.165) is 12.1 Å². The molecule has 0 fully saturated rings. The number of nitrogen functional groups attached to an aromatic ring is 1. The van der Waals surface area contributed by atoms with Crippen molar-refractivity contribution in [2.75, 3.05) is 5.73 Å². The number of anilines is 1. The Bertz CT molecular complexity index is 561. The van der Waals surface area contributed by atoms with Crippen LogP contribution in [0.5, 0.6) is 0 Å². The van der Waals surface area contributed by atoms with Gasteiger partial charge in [0, 0.05) is 16.2 Å². The highest BCUT2D eigenvalue weighted by atomic mass is 79.9. The van der Waals surface area contributed by atoms with Crippen LogP contribution in [-0.4, -0.2) is 14.5 Å². The molecule has 1 atom stereocenters. The van der Waals surface area contributed by atoms with Crippen LogP contribution in [0.4, 0.5) is 10.1 Å². The van der Waals surface area contributed by atoms with Crippen LogP contribution in [0.25, 0.3) is 0 Å². The largest absolute Gasteiger partial charge is 0.398 e. The summed E-state index contributed by atoms with van der Waals surface area (Å²) in [5, 5.41) is 0. The van der Waals surface area contributed by atoms with Crippen LogP contribution in [0.3, 0.4) is 0 Å². The number of nitrogens with one attached hydrogen (secondary N) is 1. The molecule has 0 aliphatic rings. The molecular formula is C12H18BrFN2O2S.